The zero-order valence-electron chi connectivity index (χ0n) is 16.2. The van der Waals surface area contributed by atoms with Crippen LogP contribution in [-0.2, 0) is 4.74 Å². The lowest BCUT2D eigenvalue weighted by molar-refractivity contribution is -0.567. The van der Waals surface area contributed by atoms with Crippen LogP contribution in [0.25, 0.3) is 5.76 Å². The minimum atomic E-state index is -1.41. The van der Waals surface area contributed by atoms with Crippen LogP contribution in [0.5, 0.6) is 5.75 Å². The van der Waals surface area contributed by atoms with E-state index in [0.29, 0.717) is 22.4 Å². The molecule has 1 aliphatic rings. The lowest BCUT2D eigenvalue weighted by Crippen LogP contribution is -2.27. The van der Waals surface area contributed by atoms with Crippen LogP contribution in [-0.4, -0.2) is 24.0 Å². The Labute approximate surface area is 173 Å². The summed E-state index contributed by atoms with van der Waals surface area (Å²) in [5, 5.41) is 11.9. The molecule has 0 spiro atoms. The number of carbonyl (C=O) groups is 1. The van der Waals surface area contributed by atoms with Crippen molar-refractivity contribution >= 4 is 11.5 Å². The van der Waals surface area contributed by atoms with E-state index in [-0.39, 0.29) is 17.1 Å². The van der Waals surface area contributed by atoms with Crippen molar-refractivity contribution in [1.82, 2.24) is 0 Å². The maximum Gasteiger partial charge on any atom is 0.365 e. The molecule has 0 saturated carbocycles. The van der Waals surface area contributed by atoms with Crippen molar-refractivity contribution in [3.8, 4) is 5.75 Å². The number of nitrogens with zero attached hydrogens (tertiary/aromatic N) is 1. The summed E-state index contributed by atoms with van der Waals surface area (Å²) < 4.78 is 11.0. The second kappa shape index (κ2) is 8.21. The third-order valence-electron chi connectivity index (χ3n) is 5.08. The Bertz CT molecular complexity index is 1090. The summed E-state index contributed by atoms with van der Waals surface area (Å²) in [5.74, 6) is -0.279. The molecule has 0 fully saturated rings. The molecule has 2 unspecified atom stereocenters. The summed E-state index contributed by atoms with van der Waals surface area (Å²) in [6, 6.07) is 24.6. The summed E-state index contributed by atoms with van der Waals surface area (Å²) in [7, 11) is 1.55. The predicted octanol–water partition coefficient (Wildman–Crippen LogP) is 4.71. The van der Waals surface area contributed by atoms with E-state index in [2.05, 4.69) is 0 Å². The minimum absolute atomic E-state index is 0.243. The van der Waals surface area contributed by atoms with Gasteiger partial charge in [-0.15, -0.1) is 0 Å². The van der Waals surface area contributed by atoms with E-state index in [0.717, 1.165) is 0 Å². The van der Waals surface area contributed by atoms with Crippen LogP contribution in [0.3, 0.4) is 0 Å². The normalized spacial score (nSPS) is 18.0. The molecule has 1 heterocycles. The molecule has 4 rings (SSSR count). The third kappa shape index (κ3) is 3.55. The largest absolute Gasteiger partial charge is 0.497 e. The fraction of sp³-hybridized carbons (Fsp3) is 0.125. The van der Waals surface area contributed by atoms with Crippen LogP contribution in [0, 0.1) is 10.1 Å². The van der Waals surface area contributed by atoms with Gasteiger partial charge in [-0.3, -0.25) is 14.9 Å². The molecular formula is C24H19NO5. The molecule has 1 aliphatic heterocycles. The van der Waals surface area contributed by atoms with Gasteiger partial charge in [-0.2, -0.15) is 0 Å². The van der Waals surface area contributed by atoms with Crippen LogP contribution in [0.15, 0.2) is 90.5 Å². The molecule has 0 aromatic heterocycles. The summed E-state index contributed by atoms with van der Waals surface area (Å²) in [4.78, 5) is 24.9. The smallest absolute Gasteiger partial charge is 0.365 e. The molecule has 0 N–H and O–H groups in total. The lowest BCUT2D eigenvalue weighted by atomic mass is 9.85. The standard InChI is InChI=1S/C24H19NO5/c1-29-19-14-12-16(13-15-19)20-21(22(26)17-8-4-2-5-9-17)23(30-24(20)25(27)28)18-10-6-3-7-11-18/h2-15,20,24H,1H3. The highest BCUT2D eigenvalue weighted by Gasteiger charge is 2.48. The van der Waals surface area contributed by atoms with Crippen molar-refractivity contribution in [2.75, 3.05) is 7.11 Å². The molecule has 6 heteroatoms. The maximum absolute atomic E-state index is 13.5. The van der Waals surface area contributed by atoms with Gasteiger partial charge in [0.1, 0.15) is 17.4 Å². The second-order valence-electron chi connectivity index (χ2n) is 6.85. The molecule has 30 heavy (non-hydrogen) atoms. The zero-order chi connectivity index (χ0) is 21.1. The molecule has 2 atom stereocenters. The Morgan fingerprint density at radius 3 is 2.10 bits per heavy atom. The third-order valence-corrected chi connectivity index (χ3v) is 5.08. The van der Waals surface area contributed by atoms with Gasteiger partial charge in [-0.25, -0.2) is 0 Å². The number of nitro groups is 1. The molecule has 0 amide bonds. The highest BCUT2D eigenvalue weighted by Crippen LogP contribution is 2.44. The summed E-state index contributed by atoms with van der Waals surface area (Å²) in [5.41, 5.74) is 1.97. The number of ether oxygens (including phenoxy) is 2. The molecule has 0 saturated heterocycles. The van der Waals surface area contributed by atoms with Crippen LogP contribution < -0.4 is 4.74 Å². The molecule has 3 aromatic carbocycles. The quantitative estimate of drug-likeness (QED) is 0.340. The Balaban J connectivity index is 1.91. The van der Waals surface area contributed by atoms with Gasteiger partial charge in [0.2, 0.25) is 0 Å². The van der Waals surface area contributed by atoms with E-state index >= 15 is 0 Å². The molecule has 150 valence electrons. The van der Waals surface area contributed by atoms with Crippen LogP contribution in [0.4, 0.5) is 0 Å². The van der Waals surface area contributed by atoms with E-state index in [9.17, 15) is 14.9 Å². The van der Waals surface area contributed by atoms with E-state index < -0.39 is 17.1 Å². The van der Waals surface area contributed by atoms with Crippen molar-refractivity contribution in [3.63, 3.8) is 0 Å². The number of Topliss-reactive ketones (excluding diaryl/α,β-unsaturated/α-hetero) is 1. The van der Waals surface area contributed by atoms with Gasteiger partial charge in [-0.1, -0.05) is 72.8 Å². The van der Waals surface area contributed by atoms with Crippen molar-refractivity contribution in [1.29, 1.82) is 0 Å². The number of carbonyl (C=O) groups excluding carboxylic acids is 1. The van der Waals surface area contributed by atoms with Crippen LogP contribution in [0.2, 0.25) is 0 Å². The Kier molecular flexibility index (Phi) is 5.30. The average molecular weight is 401 g/mol. The van der Waals surface area contributed by atoms with Crippen molar-refractivity contribution < 1.29 is 19.2 Å². The SMILES string of the molecule is COc1ccc(C2C(C(=O)c3ccccc3)=C(c3ccccc3)OC2[N+](=O)[O-])cc1. The highest BCUT2D eigenvalue weighted by atomic mass is 16.7. The van der Waals surface area contributed by atoms with Gasteiger partial charge in [0.05, 0.1) is 17.6 Å². The average Bonchev–Trinajstić information content (AvgIpc) is 3.21. The number of ketones is 1. The van der Waals surface area contributed by atoms with Crippen molar-refractivity contribution in [2.24, 2.45) is 0 Å². The zero-order valence-corrected chi connectivity index (χ0v) is 16.2. The monoisotopic (exact) mass is 401 g/mol. The fourth-order valence-corrected chi connectivity index (χ4v) is 3.65. The summed E-state index contributed by atoms with van der Waals surface area (Å²) in [6.07, 6.45) is -1.41. The van der Waals surface area contributed by atoms with Gasteiger partial charge >= 0.3 is 6.23 Å². The number of rotatable bonds is 6. The second-order valence-corrected chi connectivity index (χ2v) is 6.85. The van der Waals surface area contributed by atoms with Crippen LogP contribution >= 0.6 is 0 Å². The fourth-order valence-electron chi connectivity index (χ4n) is 3.65. The van der Waals surface area contributed by atoms with E-state index in [1.165, 1.54) is 0 Å². The first-order valence-electron chi connectivity index (χ1n) is 9.43. The first kappa shape index (κ1) is 19.4. The maximum atomic E-state index is 13.5. The van der Waals surface area contributed by atoms with Crippen molar-refractivity contribution in [2.45, 2.75) is 12.1 Å². The van der Waals surface area contributed by atoms with Crippen LogP contribution in [0.1, 0.15) is 27.4 Å². The van der Waals surface area contributed by atoms with E-state index in [1.54, 1.807) is 79.9 Å². The predicted molar refractivity (Wildman–Crippen MR) is 112 cm³/mol. The number of benzene rings is 3. The number of hydrogen-bond acceptors (Lipinski definition) is 5. The summed E-state index contributed by atoms with van der Waals surface area (Å²) in [6.45, 7) is 0. The highest BCUT2D eigenvalue weighted by molar-refractivity contribution is 6.14. The van der Waals surface area contributed by atoms with Gasteiger partial charge in [0.25, 0.3) is 0 Å². The molecule has 6 nitrogen and oxygen atoms in total. The van der Waals surface area contributed by atoms with Gasteiger partial charge in [-0.05, 0) is 17.7 Å². The van der Waals surface area contributed by atoms with Gasteiger partial charge in [0, 0.05) is 11.1 Å². The number of hydrogen-bond donors (Lipinski definition) is 0. The molecule has 0 radical (unpaired) electrons. The van der Waals surface area contributed by atoms with Gasteiger partial charge < -0.3 is 9.47 Å². The Morgan fingerprint density at radius 2 is 1.53 bits per heavy atom. The minimum Gasteiger partial charge on any atom is -0.497 e. The Morgan fingerprint density at radius 1 is 0.933 bits per heavy atom. The first-order chi connectivity index (χ1) is 14.6. The number of methoxy groups -OCH3 is 1. The van der Waals surface area contributed by atoms with Gasteiger partial charge in [0.15, 0.2) is 5.78 Å². The van der Waals surface area contributed by atoms with Crippen molar-refractivity contribution in [3.05, 3.63) is 117 Å². The molecular weight excluding hydrogens is 382 g/mol. The molecule has 0 bridgehead atoms. The first-order valence-corrected chi connectivity index (χ1v) is 9.43. The lowest BCUT2D eigenvalue weighted by Gasteiger charge is -2.15. The molecule has 0 aliphatic carbocycles. The van der Waals surface area contributed by atoms with E-state index in [4.69, 9.17) is 9.47 Å². The Hall–Kier alpha value is -3.93. The summed E-state index contributed by atoms with van der Waals surface area (Å²) >= 11 is 0. The van der Waals surface area contributed by atoms with E-state index in [1.807, 2.05) is 12.1 Å². The topological polar surface area (TPSA) is 78.7 Å². The molecule has 3 aromatic rings.